The van der Waals surface area contributed by atoms with E-state index >= 15 is 4.39 Å². The molecule has 0 fully saturated rings. The molecule has 0 unspecified atom stereocenters. The molecule has 0 bridgehead atoms. The molecule has 3 heterocycles. The van der Waals surface area contributed by atoms with E-state index in [9.17, 15) is 0 Å². The van der Waals surface area contributed by atoms with Crippen molar-refractivity contribution in [3.63, 3.8) is 0 Å². The molecule has 2 aromatic heterocycles. The molecule has 0 atom stereocenters. The van der Waals surface area contributed by atoms with Crippen LogP contribution in [0, 0.1) is 5.82 Å². The number of nitrogens with one attached hydrogen (secondary N) is 1. The second-order valence-electron chi connectivity index (χ2n) is 15.9. The van der Waals surface area contributed by atoms with E-state index in [4.69, 9.17) is 19.2 Å². The van der Waals surface area contributed by atoms with Gasteiger partial charge in [-0.3, -0.25) is 0 Å². The maximum absolute atomic E-state index is 15.6. The van der Waals surface area contributed by atoms with Crippen LogP contribution in [0.3, 0.4) is 0 Å². The minimum absolute atomic E-state index is 0.276. The minimum atomic E-state index is -1.24. The van der Waals surface area contributed by atoms with Crippen molar-refractivity contribution >= 4 is 27.1 Å². The van der Waals surface area contributed by atoms with Crippen molar-refractivity contribution in [2.75, 3.05) is 13.2 Å². The number of hydrogen-bond acceptors (Lipinski definition) is 5. The SMILES string of the molecule is CCc1cc(OCc2ccccc2)c(F)cc1-c1ccc2c(-c3nc4c(n3COCC[Si](C)(C)C)CNC4)cn(COCC[Si](C)(C)C)c2c1. The van der Waals surface area contributed by atoms with Crippen molar-refractivity contribution in [2.24, 2.45) is 0 Å². The van der Waals surface area contributed by atoms with Crippen molar-refractivity contribution in [1.29, 1.82) is 0 Å². The van der Waals surface area contributed by atoms with Crippen LogP contribution >= 0.6 is 0 Å². The summed E-state index contributed by atoms with van der Waals surface area (Å²) >= 11 is 0. The minimum Gasteiger partial charge on any atom is -0.486 e. The van der Waals surface area contributed by atoms with Crippen LogP contribution in [0.15, 0.2) is 66.9 Å². The number of imidazole rings is 1. The Balaban J connectivity index is 1.36. The van der Waals surface area contributed by atoms with E-state index in [1.807, 2.05) is 36.4 Å². The third kappa shape index (κ3) is 8.66. The molecule has 5 aromatic rings. The van der Waals surface area contributed by atoms with Gasteiger partial charge in [-0.2, -0.15) is 0 Å². The van der Waals surface area contributed by atoms with Gasteiger partial charge >= 0.3 is 0 Å². The molecule has 266 valence electrons. The van der Waals surface area contributed by atoms with Crippen LogP contribution in [-0.4, -0.2) is 43.5 Å². The van der Waals surface area contributed by atoms with Gasteiger partial charge in [0.1, 0.15) is 25.9 Å². The molecule has 6 rings (SSSR count). The number of ether oxygens (including phenoxy) is 3. The van der Waals surface area contributed by atoms with E-state index < -0.39 is 16.1 Å². The van der Waals surface area contributed by atoms with Crippen molar-refractivity contribution in [3.05, 3.63) is 95.2 Å². The molecule has 1 aliphatic heterocycles. The molecule has 1 aliphatic rings. The monoisotopic (exact) mass is 712 g/mol. The Morgan fingerprint density at radius 2 is 1.56 bits per heavy atom. The first-order chi connectivity index (χ1) is 23.9. The Labute approximate surface area is 298 Å². The molecule has 0 radical (unpaired) electrons. The van der Waals surface area contributed by atoms with E-state index in [2.05, 4.69) is 85.1 Å². The van der Waals surface area contributed by atoms with Gasteiger partial charge < -0.3 is 28.7 Å². The fourth-order valence-corrected chi connectivity index (χ4v) is 7.86. The van der Waals surface area contributed by atoms with Crippen LogP contribution in [0.1, 0.15) is 29.4 Å². The van der Waals surface area contributed by atoms with Gasteiger partial charge in [0.25, 0.3) is 0 Å². The topological polar surface area (TPSA) is 62.5 Å². The predicted octanol–water partition coefficient (Wildman–Crippen LogP) is 9.68. The first kappa shape index (κ1) is 36.3. The highest BCUT2D eigenvalue weighted by atomic mass is 28.3. The van der Waals surface area contributed by atoms with Crippen molar-refractivity contribution < 1.29 is 18.6 Å². The van der Waals surface area contributed by atoms with Gasteiger partial charge in [-0.1, -0.05) is 88.7 Å². The van der Waals surface area contributed by atoms with Crippen LogP contribution in [0.5, 0.6) is 5.75 Å². The highest BCUT2D eigenvalue weighted by Crippen LogP contribution is 2.37. The average Bonchev–Trinajstić information content (AvgIpc) is 3.77. The van der Waals surface area contributed by atoms with Gasteiger partial charge in [-0.05, 0) is 59.0 Å². The molecule has 1 N–H and O–H groups in total. The second-order valence-corrected chi connectivity index (χ2v) is 27.1. The summed E-state index contributed by atoms with van der Waals surface area (Å²) in [4.78, 5) is 5.17. The summed E-state index contributed by atoms with van der Waals surface area (Å²) in [6.45, 7) is 20.6. The Morgan fingerprint density at radius 3 is 2.26 bits per heavy atom. The number of fused-ring (bicyclic) bond motifs is 2. The lowest BCUT2D eigenvalue weighted by Crippen LogP contribution is -2.22. The molecule has 0 aliphatic carbocycles. The maximum Gasteiger partial charge on any atom is 0.165 e. The quantitative estimate of drug-likeness (QED) is 0.0816. The van der Waals surface area contributed by atoms with Crippen molar-refractivity contribution in [2.45, 2.75) is 97.9 Å². The number of aryl methyl sites for hydroxylation is 1. The molecule has 0 saturated carbocycles. The van der Waals surface area contributed by atoms with Gasteiger partial charge in [-0.25, -0.2) is 9.37 Å². The number of halogens is 1. The largest absolute Gasteiger partial charge is 0.486 e. The normalized spacial score (nSPS) is 13.4. The molecule has 0 spiro atoms. The average molecular weight is 713 g/mol. The number of benzene rings is 3. The van der Waals surface area contributed by atoms with Crippen molar-refractivity contribution in [1.82, 2.24) is 19.4 Å². The summed E-state index contributed by atoms with van der Waals surface area (Å²) in [6.07, 6.45) is 2.92. The summed E-state index contributed by atoms with van der Waals surface area (Å²) in [5, 5.41) is 4.54. The van der Waals surface area contributed by atoms with E-state index in [1.54, 1.807) is 6.07 Å². The Bertz CT molecular complexity index is 1930. The lowest BCUT2D eigenvalue weighted by Gasteiger charge is -2.17. The summed E-state index contributed by atoms with van der Waals surface area (Å²) in [5.41, 5.74) is 8.22. The molecule has 50 heavy (non-hydrogen) atoms. The van der Waals surface area contributed by atoms with Gasteiger partial charge in [0.05, 0.1) is 16.9 Å². The fraction of sp³-hybridized carbons (Fsp3) is 0.425. The molecule has 0 saturated heterocycles. The fourth-order valence-electron chi connectivity index (χ4n) is 6.34. The van der Waals surface area contributed by atoms with Crippen LogP contribution in [0.2, 0.25) is 51.4 Å². The van der Waals surface area contributed by atoms with Gasteiger partial charge in [-0.15, -0.1) is 0 Å². The van der Waals surface area contributed by atoms with Crippen LogP contribution in [0.25, 0.3) is 33.4 Å². The predicted molar refractivity (Wildman–Crippen MR) is 207 cm³/mol. The second kappa shape index (κ2) is 15.4. The third-order valence-electron chi connectivity index (χ3n) is 9.39. The van der Waals surface area contributed by atoms with Crippen LogP contribution in [0.4, 0.5) is 4.39 Å². The number of nitrogens with zero attached hydrogens (tertiary/aromatic N) is 3. The summed E-state index contributed by atoms with van der Waals surface area (Å²) in [7, 11) is -2.45. The highest BCUT2D eigenvalue weighted by molar-refractivity contribution is 6.76. The molecule has 7 nitrogen and oxygen atoms in total. The zero-order chi connectivity index (χ0) is 35.5. The van der Waals surface area contributed by atoms with Crippen LogP contribution < -0.4 is 10.1 Å². The lowest BCUT2D eigenvalue weighted by atomic mass is 9.96. The molecular formula is C40H53FN4O3Si2. The standard InChI is InChI=1S/C40H53FN4O3Si2/c1-8-30-21-39(48-26-29-12-10-9-11-13-29)35(41)22-33(30)31-14-15-32-34(25-44(37(32)20-31)27-46-16-18-49(2,3)4)40-43-36-23-42-24-38(36)45(40)28-47-17-19-50(5,6)7/h9-15,20-22,25,42H,8,16-19,23-24,26-28H2,1-7H3. The highest BCUT2D eigenvalue weighted by Gasteiger charge is 2.25. The summed E-state index contributed by atoms with van der Waals surface area (Å²) < 4.78 is 38.6. The smallest absolute Gasteiger partial charge is 0.165 e. The summed E-state index contributed by atoms with van der Waals surface area (Å²) in [6, 6.07) is 22.0. The van der Waals surface area contributed by atoms with Gasteiger partial charge in [0.15, 0.2) is 11.6 Å². The third-order valence-corrected chi connectivity index (χ3v) is 12.8. The number of rotatable bonds is 16. The zero-order valence-corrected chi connectivity index (χ0v) is 32.9. The molecule has 10 heteroatoms. The van der Waals surface area contributed by atoms with Crippen molar-refractivity contribution in [3.8, 4) is 28.3 Å². The lowest BCUT2D eigenvalue weighted by molar-refractivity contribution is 0.0864. The van der Waals surface area contributed by atoms with E-state index in [0.29, 0.717) is 20.1 Å². The van der Waals surface area contributed by atoms with E-state index in [1.165, 1.54) is 5.69 Å². The number of aromatic nitrogens is 3. The molecule has 0 amide bonds. The first-order valence-electron chi connectivity index (χ1n) is 18.0. The van der Waals surface area contributed by atoms with Crippen LogP contribution in [-0.2, 0) is 49.1 Å². The van der Waals surface area contributed by atoms with Gasteiger partial charge in [0.2, 0.25) is 0 Å². The van der Waals surface area contributed by atoms with Gasteiger partial charge in [0, 0.05) is 59.6 Å². The Morgan fingerprint density at radius 1 is 0.840 bits per heavy atom. The summed E-state index contributed by atoms with van der Waals surface area (Å²) in [5.74, 6) is 0.833. The Kier molecular flexibility index (Phi) is 11.1. The number of hydrogen-bond donors (Lipinski definition) is 1. The molecule has 3 aromatic carbocycles. The first-order valence-corrected chi connectivity index (χ1v) is 25.4. The maximum atomic E-state index is 15.6. The zero-order valence-electron chi connectivity index (χ0n) is 30.9. The Hall–Kier alpha value is -3.55. The van der Waals surface area contributed by atoms with E-state index in [-0.39, 0.29) is 11.6 Å². The molecular weight excluding hydrogens is 660 g/mol. The van der Waals surface area contributed by atoms with E-state index in [0.717, 1.165) is 95.1 Å².